The Bertz CT molecular complexity index is 1950. The van der Waals surface area contributed by atoms with Gasteiger partial charge >= 0.3 is 0 Å². The summed E-state index contributed by atoms with van der Waals surface area (Å²) >= 11 is 13.2. The molecule has 9 nitrogen and oxygen atoms in total. The van der Waals surface area contributed by atoms with E-state index in [2.05, 4.69) is 20.6 Å². The molecule has 47 heavy (non-hydrogen) atoms. The number of aromatic nitrogens is 2. The highest BCUT2D eigenvalue weighted by molar-refractivity contribution is 6.38. The topological polar surface area (TPSA) is 114 Å². The molecule has 0 fully saturated rings. The van der Waals surface area contributed by atoms with Crippen molar-refractivity contribution in [2.45, 2.75) is 20.0 Å². The Morgan fingerprint density at radius 2 is 1.70 bits per heavy atom. The van der Waals surface area contributed by atoms with Gasteiger partial charge < -0.3 is 20.3 Å². The highest BCUT2D eigenvalue weighted by Gasteiger charge is 2.19. The van der Waals surface area contributed by atoms with Crippen molar-refractivity contribution < 1.29 is 19.1 Å². The number of hydrogen-bond donors (Lipinski definition) is 2. The number of nitrogens with one attached hydrogen (secondary N) is 2. The number of nitrogens with zero attached hydrogens (tertiary/aromatic N) is 3. The molecule has 0 spiro atoms. The van der Waals surface area contributed by atoms with E-state index in [1.165, 1.54) is 11.0 Å². The third kappa shape index (κ3) is 8.72. The Labute approximate surface area is 282 Å². The molecule has 3 amide bonds. The quantitative estimate of drug-likeness (QED) is 0.150. The lowest BCUT2D eigenvalue weighted by atomic mass is 10.1. The zero-order valence-corrected chi connectivity index (χ0v) is 27.2. The van der Waals surface area contributed by atoms with Gasteiger partial charge in [0.05, 0.1) is 23.7 Å². The second-order valence-corrected chi connectivity index (χ2v) is 11.4. The third-order valence-corrected chi connectivity index (χ3v) is 8.02. The highest BCUT2D eigenvalue weighted by atomic mass is 35.5. The lowest BCUT2D eigenvalue weighted by Gasteiger charge is -2.21. The van der Waals surface area contributed by atoms with Gasteiger partial charge in [0.25, 0.3) is 0 Å². The van der Waals surface area contributed by atoms with Crippen LogP contribution in [0.3, 0.4) is 0 Å². The molecular weight excluding hydrogens is 637 g/mol. The fourth-order valence-corrected chi connectivity index (χ4v) is 5.28. The maximum atomic E-state index is 13.0. The summed E-state index contributed by atoms with van der Waals surface area (Å²) < 4.78 is 6.08. The number of ether oxygens (including phenoxy) is 1. The van der Waals surface area contributed by atoms with Crippen LogP contribution in [0.4, 0.5) is 11.4 Å². The second kappa shape index (κ2) is 15.4. The first-order valence-electron chi connectivity index (χ1n) is 14.7. The first kappa shape index (κ1) is 33.1. The summed E-state index contributed by atoms with van der Waals surface area (Å²) in [6.45, 7) is 1.71. The summed E-state index contributed by atoms with van der Waals surface area (Å²) in [6.07, 6.45) is 6.47. The number of benzene rings is 3. The Morgan fingerprint density at radius 3 is 2.47 bits per heavy atom. The highest BCUT2D eigenvalue weighted by Crippen LogP contribution is 2.35. The smallest absolute Gasteiger partial charge is 0.246 e. The van der Waals surface area contributed by atoms with Gasteiger partial charge in [0.2, 0.25) is 17.7 Å². The van der Waals surface area contributed by atoms with Gasteiger partial charge in [-0.3, -0.25) is 19.4 Å². The molecule has 238 valence electrons. The summed E-state index contributed by atoms with van der Waals surface area (Å²) in [5.41, 5.74) is 4.77. The van der Waals surface area contributed by atoms with Crippen LogP contribution in [0.2, 0.25) is 10.0 Å². The molecule has 5 aromatic rings. The Morgan fingerprint density at radius 1 is 0.936 bits per heavy atom. The van der Waals surface area contributed by atoms with Crippen LogP contribution in [-0.2, 0) is 27.4 Å². The Kier molecular flexibility index (Phi) is 10.8. The van der Waals surface area contributed by atoms with Crippen LogP contribution in [0.5, 0.6) is 5.75 Å². The number of carbonyl (C=O) groups excluding carboxylic acids is 3. The minimum atomic E-state index is -0.447. The Hall–Kier alpha value is -5.25. The molecule has 3 aromatic carbocycles. The molecule has 0 aliphatic heterocycles. The number of fused-ring (bicyclic) bond motifs is 1. The number of aryl methyl sites for hydroxylation is 1. The molecule has 0 saturated heterocycles. The van der Waals surface area contributed by atoms with Crippen molar-refractivity contribution in [2.24, 2.45) is 0 Å². The van der Waals surface area contributed by atoms with Crippen LogP contribution in [0.25, 0.3) is 17.0 Å². The van der Waals surface area contributed by atoms with E-state index in [9.17, 15) is 14.4 Å². The number of rotatable bonds is 11. The fraction of sp³-hybridized carbons (Fsp3) is 0.139. The summed E-state index contributed by atoms with van der Waals surface area (Å²) in [6, 6.07) is 23.5. The van der Waals surface area contributed by atoms with E-state index in [4.69, 9.17) is 27.9 Å². The average molecular weight is 669 g/mol. The normalized spacial score (nSPS) is 11.0. The van der Waals surface area contributed by atoms with Crippen molar-refractivity contribution in [2.75, 3.05) is 23.8 Å². The summed E-state index contributed by atoms with van der Waals surface area (Å²) in [4.78, 5) is 47.6. The van der Waals surface area contributed by atoms with Crippen LogP contribution in [0.15, 0.2) is 97.3 Å². The van der Waals surface area contributed by atoms with E-state index in [0.717, 1.165) is 27.7 Å². The van der Waals surface area contributed by atoms with Crippen LogP contribution in [0.1, 0.15) is 22.4 Å². The first-order chi connectivity index (χ1) is 22.7. The van der Waals surface area contributed by atoms with Crippen LogP contribution >= 0.6 is 23.2 Å². The van der Waals surface area contributed by atoms with Gasteiger partial charge in [-0.1, -0.05) is 53.5 Å². The Balaban J connectivity index is 1.14. The van der Waals surface area contributed by atoms with Gasteiger partial charge in [-0.05, 0) is 72.7 Å². The lowest BCUT2D eigenvalue weighted by Crippen LogP contribution is -2.37. The molecule has 0 radical (unpaired) electrons. The standard InChI is InChI=1S/C36H31Cl2N5O4/c1-23-6-10-26-4-3-5-31(36(26)41-23)47-22-28-29(37)13-14-30(35(28)38)43(2)34(46)21-40-32(44)15-9-24-7-11-27(12-8-24)42-33(45)20-25-16-18-39-19-17-25/h3-19H,20-22H2,1-2H3,(H,40,44)(H,42,45). The number of para-hydroxylation sites is 1. The molecule has 2 N–H and O–H groups in total. The number of hydrogen-bond acceptors (Lipinski definition) is 6. The molecule has 11 heteroatoms. The van der Waals surface area contributed by atoms with Crippen LogP contribution < -0.4 is 20.3 Å². The lowest BCUT2D eigenvalue weighted by molar-refractivity contribution is -0.122. The zero-order valence-electron chi connectivity index (χ0n) is 25.7. The molecule has 5 rings (SSSR count). The van der Waals surface area contributed by atoms with Gasteiger partial charge in [0, 0.05) is 52.9 Å². The molecular formula is C36H31Cl2N5O4. The maximum Gasteiger partial charge on any atom is 0.246 e. The molecule has 0 unspecified atom stereocenters. The van der Waals surface area contributed by atoms with Crippen molar-refractivity contribution in [1.29, 1.82) is 0 Å². The number of pyridine rings is 2. The van der Waals surface area contributed by atoms with E-state index >= 15 is 0 Å². The van der Waals surface area contributed by atoms with Crippen molar-refractivity contribution in [3.63, 3.8) is 0 Å². The third-order valence-electron chi connectivity index (χ3n) is 7.25. The molecule has 0 bridgehead atoms. The monoisotopic (exact) mass is 667 g/mol. The van der Waals surface area contributed by atoms with Gasteiger partial charge in [-0.15, -0.1) is 0 Å². The van der Waals surface area contributed by atoms with Gasteiger partial charge in [0.1, 0.15) is 17.9 Å². The van der Waals surface area contributed by atoms with Crippen molar-refractivity contribution in [1.82, 2.24) is 15.3 Å². The van der Waals surface area contributed by atoms with Crippen molar-refractivity contribution >= 4 is 69.3 Å². The largest absolute Gasteiger partial charge is 0.487 e. The number of amides is 3. The number of carbonyl (C=O) groups is 3. The summed E-state index contributed by atoms with van der Waals surface area (Å²) in [5.74, 6) is -0.393. The maximum absolute atomic E-state index is 13.0. The van der Waals surface area contributed by atoms with Crippen LogP contribution in [-0.4, -0.2) is 41.3 Å². The molecule has 0 atom stereocenters. The van der Waals surface area contributed by atoms with Crippen molar-refractivity contribution in [3.8, 4) is 5.75 Å². The minimum Gasteiger partial charge on any atom is -0.487 e. The molecule has 2 aromatic heterocycles. The van der Waals surface area contributed by atoms with Gasteiger partial charge in [0.15, 0.2) is 0 Å². The van der Waals surface area contributed by atoms with Gasteiger partial charge in [-0.25, -0.2) is 4.98 Å². The van der Waals surface area contributed by atoms with E-state index in [0.29, 0.717) is 27.7 Å². The SMILES string of the molecule is Cc1ccc2cccc(OCc3c(Cl)ccc(N(C)C(=O)CNC(=O)C=Cc4ccc(NC(=O)Cc5ccncc5)cc4)c3Cl)c2n1. The molecule has 2 heterocycles. The number of likely N-dealkylation sites (N-methyl/N-ethyl adjacent to an activating group) is 1. The molecule has 0 saturated carbocycles. The second-order valence-electron chi connectivity index (χ2n) is 10.6. The summed E-state index contributed by atoms with van der Waals surface area (Å²) in [5, 5.41) is 7.04. The fourth-order valence-electron chi connectivity index (χ4n) is 4.68. The zero-order chi connectivity index (χ0) is 33.3. The summed E-state index contributed by atoms with van der Waals surface area (Å²) in [7, 11) is 1.57. The minimum absolute atomic E-state index is 0.0583. The van der Waals surface area contributed by atoms with E-state index < -0.39 is 5.91 Å². The predicted octanol–water partition coefficient (Wildman–Crippen LogP) is 6.80. The van der Waals surface area contributed by atoms with Crippen molar-refractivity contribution in [3.05, 3.63) is 130 Å². The molecule has 0 aliphatic rings. The predicted molar refractivity (Wildman–Crippen MR) is 186 cm³/mol. The van der Waals surface area contributed by atoms with Gasteiger partial charge in [-0.2, -0.15) is 0 Å². The molecule has 0 aliphatic carbocycles. The van der Waals surface area contributed by atoms with E-state index in [1.54, 1.807) is 74.0 Å². The average Bonchev–Trinajstić information content (AvgIpc) is 3.07. The van der Waals surface area contributed by atoms with E-state index in [1.807, 2.05) is 37.3 Å². The van der Waals surface area contributed by atoms with Crippen LogP contribution in [0, 0.1) is 6.92 Å². The van der Waals surface area contributed by atoms with E-state index in [-0.39, 0.29) is 36.4 Å². The number of anilines is 2. The first-order valence-corrected chi connectivity index (χ1v) is 15.4. The number of halogens is 2.